The minimum atomic E-state index is -1.17. The van der Waals surface area contributed by atoms with Gasteiger partial charge in [0, 0.05) is 12.0 Å². The van der Waals surface area contributed by atoms with Crippen molar-refractivity contribution in [3.63, 3.8) is 0 Å². The van der Waals surface area contributed by atoms with Gasteiger partial charge in [-0.3, -0.25) is 4.79 Å². The molecule has 1 heterocycles. The number of hydrogen-bond acceptors (Lipinski definition) is 5. The zero-order chi connectivity index (χ0) is 18.9. The number of rotatable bonds is 5. The maximum Gasteiger partial charge on any atom is 0.326 e. The fourth-order valence-electron chi connectivity index (χ4n) is 3.14. The molecule has 5 N–H and O–H groups in total. The van der Waals surface area contributed by atoms with Crippen LogP contribution in [0, 0.1) is 20.8 Å². The first-order valence-electron chi connectivity index (χ1n) is 8.36. The molecule has 1 aromatic rings. The van der Waals surface area contributed by atoms with Gasteiger partial charge in [-0.25, -0.2) is 4.79 Å². The van der Waals surface area contributed by atoms with Crippen molar-refractivity contribution in [3.8, 4) is 11.5 Å². The number of carbonyl (C=O) groups excluding carboxylic acids is 1. The number of halogens is 1. The largest absolute Gasteiger partial charge is 0.507 e. The van der Waals surface area contributed by atoms with E-state index in [1.54, 1.807) is 13.8 Å². The summed E-state index contributed by atoms with van der Waals surface area (Å²) in [6, 6.07) is -1.04. The molecule has 146 valence electrons. The number of aliphatic carboxylic acids is 1. The van der Waals surface area contributed by atoms with Crippen LogP contribution in [0.3, 0.4) is 0 Å². The van der Waals surface area contributed by atoms with Gasteiger partial charge in [0.25, 0.3) is 5.91 Å². The standard InChI is InChI=1S/C18H26N2O5.ClH/c1-9-10(2)15-12(11(3)14(9)21)5-7-18(4,25-15)17(24)20-13(6-8-19)16(22)23;/h13,21H,5-8,19H2,1-4H3,(H,20,24)(H,22,23);1H. The molecule has 7 nitrogen and oxygen atoms in total. The van der Waals surface area contributed by atoms with Crippen LogP contribution in [0.15, 0.2) is 0 Å². The quantitative estimate of drug-likeness (QED) is 0.611. The van der Waals surface area contributed by atoms with Crippen LogP contribution in [-0.4, -0.2) is 40.3 Å². The summed E-state index contributed by atoms with van der Waals surface area (Å²) in [7, 11) is 0. The van der Waals surface area contributed by atoms with Gasteiger partial charge in [0.2, 0.25) is 0 Å². The van der Waals surface area contributed by atoms with E-state index in [0.29, 0.717) is 24.2 Å². The smallest absolute Gasteiger partial charge is 0.326 e. The summed E-state index contributed by atoms with van der Waals surface area (Å²) in [5, 5.41) is 21.9. The van der Waals surface area contributed by atoms with E-state index in [1.165, 1.54) is 0 Å². The van der Waals surface area contributed by atoms with Crippen LogP contribution in [0.4, 0.5) is 0 Å². The lowest BCUT2D eigenvalue weighted by Gasteiger charge is -2.37. The molecule has 0 spiro atoms. The highest BCUT2D eigenvalue weighted by atomic mass is 35.5. The molecule has 0 radical (unpaired) electrons. The van der Waals surface area contributed by atoms with Gasteiger partial charge in [-0.2, -0.15) is 0 Å². The summed E-state index contributed by atoms with van der Waals surface area (Å²) >= 11 is 0. The number of phenolic OH excluding ortho intramolecular Hbond substituents is 1. The lowest BCUT2D eigenvalue weighted by atomic mass is 9.86. The third kappa shape index (κ3) is 3.88. The molecule has 2 rings (SSSR count). The number of benzene rings is 1. The Morgan fingerprint density at radius 1 is 1.27 bits per heavy atom. The topological polar surface area (TPSA) is 122 Å². The van der Waals surface area contributed by atoms with E-state index >= 15 is 0 Å². The maximum absolute atomic E-state index is 12.7. The summed E-state index contributed by atoms with van der Waals surface area (Å²) in [6.45, 7) is 7.28. The second-order valence-corrected chi connectivity index (χ2v) is 6.81. The predicted molar refractivity (Wildman–Crippen MR) is 100 cm³/mol. The van der Waals surface area contributed by atoms with E-state index in [0.717, 1.165) is 16.7 Å². The van der Waals surface area contributed by atoms with Crippen LogP contribution in [0.25, 0.3) is 0 Å². The van der Waals surface area contributed by atoms with Crippen LogP contribution >= 0.6 is 12.4 Å². The van der Waals surface area contributed by atoms with Crippen molar-refractivity contribution in [1.29, 1.82) is 0 Å². The minimum Gasteiger partial charge on any atom is -0.507 e. The number of fused-ring (bicyclic) bond motifs is 1. The van der Waals surface area contributed by atoms with E-state index in [4.69, 9.17) is 10.5 Å². The van der Waals surface area contributed by atoms with E-state index in [9.17, 15) is 19.8 Å². The Balaban J connectivity index is 0.00000338. The first-order chi connectivity index (χ1) is 11.6. The van der Waals surface area contributed by atoms with E-state index in [-0.39, 0.29) is 31.1 Å². The first kappa shape index (κ1) is 22.1. The second kappa shape index (κ2) is 8.14. The average Bonchev–Trinajstić information content (AvgIpc) is 2.57. The number of amides is 1. The Morgan fingerprint density at radius 3 is 2.42 bits per heavy atom. The monoisotopic (exact) mass is 386 g/mol. The summed E-state index contributed by atoms with van der Waals surface area (Å²) in [5.74, 6) is -0.739. The number of carboxylic acids is 1. The van der Waals surface area contributed by atoms with E-state index in [2.05, 4.69) is 5.32 Å². The molecule has 26 heavy (non-hydrogen) atoms. The van der Waals surface area contributed by atoms with Crippen LogP contribution in [0.1, 0.15) is 42.0 Å². The molecule has 1 aromatic carbocycles. The number of nitrogens with two attached hydrogens (primary N) is 1. The molecule has 1 aliphatic heterocycles. The predicted octanol–water partition coefficient (Wildman–Crippen LogP) is 1.74. The van der Waals surface area contributed by atoms with Crippen molar-refractivity contribution in [2.75, 3.05) is 6.54 Å². The number of hydrogen-bond donors (Lipinski definition) is 4. The fourth-order valence-corrected chi connectivity index (χ4v) is 3.14. The molecule has 0 saturated carbocycles. The summed E-state index contributed by atoms with van der Waals surface area (Å²) < 4.78 is 6.04. The van der Waals surface area contributed by atoms with Crippen molar-refractivity contribution in [3.05, 3.63) is 22.3 Å². The van der Waals surface area contributed by atoms with Crippen molar-refractivity contribution in [1.82, 2.24) is 5.32 Å². The van der Waals surface area contributed by atoms with Crippen molar-refractivity contribution in [2.24, 2.45) is 5.73 Å². The second-order valence-electron chi connectivity index (χ2n) is 6.81. The minimum absolute atomic E-state index is 0. The number of ether oxygens (including phenoxy) is 1. The molecule has 8 heteroatoms. The van der Waals surface area contributed by atoms with Crippen molar-refractivity contribution < 1.29 is 24.5 Å². The van der Waals surface area contributed by atoms with Gasteiger partial charge in [0.05, 0.1) is 0 Å². The van der Waals surface area contributed by atoms with Gasteiger partial charge < -0.3 is 26.0 Å². The number of aromatic hydroxyl groups is 1. The van der Waals surface area contributed by atoms with Crippen LogP contribution in [-0.2, 0) is 16.0 Å². The third-order valence-corrected chi connectivity index (χ3v) is 5.06. The Labute approximate surface area is 159 Å². The van der Waals surface area contributed by atoms with Crippen molar-refractivity contribution >= 4 is 24.3 Å². The number of phenols is 1. The first-order valence-corrected chi connectivity index (χ1v) is 8.36. The van der Waals surface area contributed by atoms with Crippen LogP contribution in [0.2, 0.25) is 0 Å². The van der Waals surface area contributed by atoms with Gasteiger partial charge in [0.1, 0.15) is 17.5 Å². The molecule has 2 atom stereocenters. The van der Waals surface area contributed by atoms with Crippen LogP contribution < -0.4 is 15.8 Å². The lowest BCUT2D eigenvalue weighted by molar-refractivity contribution is -0.146. The molecule has 1 aliphatic rings. The number of nitrogens with one attached hydrogen (secondary N) is 1. The highest BCUT2D eigenvalue weighted by Crippen LogP contribution is 2.43. The van der Waals surface area contributed by atoms with Crippen LogP contribution in [0.5, 0.6) is 11.5 Å². The molecular formula is C18H27ClN2O5. The van der Waals surface area contributed by atoms with Gasteiger partial charge >= 0.3 is 5.97 Å². The molecule has 0 saturated heterocycles. The highest BCUT2D eigenvalue weighted by molar-refractivity contribution is 5.89. The Kier molecular flexibility index (Phi) is 6.90. The fraction of sp³-hybridized carbons (Fsp3) is 0.556. The molecule has 0 aliphatic carbocycles. The molecular weight excluding hydrogens is 360 g/mol. The molecule has 0 aromatic heterocycles. The Bertz CT molecular complexity index is 722. The molecule has 0 bridgehead atoms. The third-order valence-electron chi connectivity index (χ3n) is 5.06. The van der Waals surface area contributed by atoms with Gasteiger partial charge in [0.15, 0.2) is 5.60 Å². The van der Waals surface area contributed by atoms with Gasteiger partial charge in [-0.1, -0.05) is 0 Å². The van der Waals surface area contributed by atoms with Crippen molar-refractivity contribution in [2.45, 2.75) is 58.6 Å². The number of carboxylic acid groups (broad SMARTS) is 1. The Hall–Kier alpha value is -1.99. The maximum atomic E-state index is 12.7. The molecule has 1 amide bonds. The van der Waals surface area contributed by atoms with E-state index < -0.39 is 23.5 Å². The zero-order valence-corrected chi connectivity index (χ0v) is 16.3. The Morgan fingerprint density at radius 2 is 1.88 bits per heavy atom. The van der Waals surface area contributed by atoms with E-state index in [1.807, 2.05) is 13.8 Å². The summed E-state index contributed by atoms with van der Waals surface area (Å²) in [6.07, 6.45) is 1.11. The van der Waals surface area contributed by atoms with Gasteiger partial charge in [-0.15, -0.1) is 12.4 Å². The van der Waals surface area contributed by atoms with Gasteiger partial charge in [-0.05, 0) is 63.8 Å². The zero-order valence-electron chi connectivity index (χ0n) is 15.5. The number of carbonyl (C=O) groups is 2. The lowest BCUT2D eigenvalue weighted by Crippen LogP contribution is -2.55. The normalized spacial score (nSPS) is 19.6. The summed E-state index contributed by atoms with van der Waals surface area (Å²) in [5.41, 5.74) is 7.39. The highest BCUT2D eigenvalue weighted by Gasteiger charge is 2.42. The SMILES string of the molecule is Cc1c(C)c2c(c(C)c1O)CCC(C)(C(=O)NC(CCN)C(=O)O)O2.Cl. The summed E-state index contributed by atoms with van der Waals surface area (Å²) in [4.78, 5) is 23.9. The average molecular weight is 387 g/mol. The molecule has 0 fully saturated rings. The molecule has 2 unspecified atom stereocenters.